The summed E-state index contributed by atoms with van der Waals surface area (Å²) in [7, 11) is 2.57. The van der Waals surface area contributed by atoms with E-state index >= 15 is 0 Å². The molecule has 0 aliphatic heterocycles. The zero-order chi connectivity index (χ0) is 12.3. The summed E-state index contributed by atoms with van der Waals surface area (Å²) >= 11 is 3.16. The van der Waals surface area contributed by atoms with Crippen LogP contribution >= 0.6 is 15.9 Å². The van der Waals surface area contributed by atoms with Crippen LogP contribution in [0.25, 0.3) is 0 Å². The molecule has 0 saturated carbocycles. The largest absolute Gasteiger partial charge is 0.504 e. The van der Waals surface area contributed by atoms with E-state index in [-0.39, 0.29) is 17.1 Å². The number of hydrogen-bond donors (Lipinski definition) is 2. The van der Waals surface area contributed by atoms with E-state index in [4.69, 9.17) is 4.74 Å². The molecule has 1 rings (SSSR count). The van der Waals surface area contributed by atoms with Crippen molar-refractivity contribution in [2.75, 3.05) is 14.2 Å². The number of hydrogen-bond acceptors (Lipinski definition) is 5. The molecule has 88 valence electrons. The summed E-state index contributed by atoms with van der Waals surface area (Å²) in [5, 5.41) is 19.1. The Morgan fingerprint density at radius 3 is 2.56 bits per heavy atom. The van der Waals surface area contributed by atoms with Gasteiger partial charge in [-0.3, -0.25) is 0 Å². The van der Waals surface area contributed by atoms with Crippen LogP contribution in [0.2, 0.25) is 0 Å². The van der Waals surface area contributed by atoms with E-state index in [0.29, 0.717) is 4.47 Å². The maximum atomic E-state index is 11.1. The first-order valence-corrected chi connectivity index (χ1v) is 5.12. The summed E-state index contributed by atoms with van der Waals surface area (Å²) in [5.41, 5.74) is 0.213. The molecule has 0 fully saturated rings. The van der Waals surface area contributed by atoms with Crippen molar-refractivity contribution in [2.45, 2.75) is 6.10 Å². The fourth-order valence-electron chi connectivity index (χ4n) is 1.17. The van der Waals surface area contributed by atoms with E-state index < -0.39 is 12.1 Å². The fraction of sp³-hybridized carbons (Fsp3) is 0.300. The maximum Gasteiger partial charge on any atom is 0.339 e. The Labute approximate surface area is 101 Å². The summed E-state index contributed by atoms with van der Waals surface area (Å²) in [6.45, 7) is 0. The highest BCUT2D eigenvalue weighted by Gasteiger charge is 2.22. The molecule has 1 aromatic rings. The zero-order valence-corrected chi connectivity index (χ0v) is 10.3. The van der Waals surface area contributed by atoms with E-state index in [1.807, 2.05) is 0 Å². The molecule has 0 saturated heterocycles. The van der Waals surface area contributed by atoms with Gasteiger partial charge in [0, 0.05) is 10.0 Å². The Bertz CT molecular complexity index is 404. The number of carbonyl (C=O) groups excluding carboxylic acids is 1. The van der Waals surface area contributed by atoms with Gasteiger partial charge < -0.3 is 19.7 Å². The van der Waals surface area contributed by atoms with Crippen LogP contribution in [0.3, 0.4) is 0 Å². The number of phenols is 1. The van der Waals surface area contributed by atoms with E-state index in [2.05, 4.69) is 20.7 Å². The number of aliphatic hydroxyl groups is 1. The lowest BCUT2D eigenvalue weighted by Crippen LogP contribution is -2.14. The topological polar surface area (TPSA) is 76.0 Å². The minimum atomic E-state index is -1.45. The number of aromatic hydroxyl groups is 1. The molecule has 1 atom stereocenters. The molecule has 0 aromatic heterocycles. The Morgan fingerprint density at radius 2 is 2.06 bits per heavy atom. The number of rotatable bonds is 3. The molecular formula is C10H11BrO5. The van der Waals surface area contributed by atoms with E-state index in [0.717, 1.165) is 0 Å². The molecule has 0 bridgehead atoms. The molecule has 0 heterocycles. The number of methoxy groups -OCH3 is 2. The second-order valence-corrected chi connectivity index (χ2v) is 3.83. The van der Waals surface area contributed by atoms with Gasteiger partial charge in [-0.05, 0) is 12.1 Å². The second-order valence-electron chi connectivity index (χ2n) is 2.97. The smallest absolute Gasteiger partial charge is 0.339 e. The van der Waals surface area contributed by atoms with Crippen molar-refractivity contribution < 1.29 is 24.5 Å². The van der Waals surface area contributed by atoms with Gasteiger partial charge in [0.2, 0.25) is 0 Å². The Morgan fingerprint density at radius 1 is 1.44 bits per heavy atom. The van der Waals surface area contributed by atoms with Gasteiger partial charge in [-0.25, -0.2) is 4.79 Å². The van der Waals surface area contributed by atoms with Crippen LogP contribution in [-0.4, -0.2) is 30.4 Å². The lowest BCUT2D eigenvalue weighted by atomic mass is 10.1. The molecule has 16 heavy (non-hydrogen) atoms. The van der Waals surface area contributed by atoms with Crippen molar-refractivity contribution in [1.82, 2.24) is 0 Å². The molecule has 1 aromatic carbocycles. The zero-order valence-electron chi connectivity index (χ0n) is 8.73. The molecule has 5 nitrogen and oxygen atoms in total. The molecule has 0 aliphatic rings. The summed E-state index contributed by atoms with van der Waals surface area (Å²) in [4.78, 5) is 11.1. The van der Waals surface area contributed by atoms with Crippen molar-refractivity contribution in [1.29, 1.82) is 0 Å². The van der Waals surface area contributed by atoms with E-state index in [1.54, 1.807) is 0 Å². The predicted molar refractivity (Wildman–Crippen MR) is 59.3 cm³/mol. The van der Waals surface area contributed by atoms with Gasteiger partial charge in [0.15, 0.2) is 17.6 Å². The third-order valence-electron chi connectivity index (χ3n) is 2.02. The third kappa shape index (κ3) is 2.45. The van der Waals surface area contributed by atoms with Crippen LogP contribution in [0.5, 0.6) is 11.5 Å². The lowest BCUT2D eigenvalue weighted by Gasteiger charge is -2.12. The van der Waals surface area contributed by atoms with Crippen LogP contribution in [0.15, 0.2) is 16.6 Å². The normalized spacial score (nSPS) is 12.0. The highest BCUT2D eigenvalue weighted by molar-refractivity contribution is 9.10. The van der Waals surface area contributed by atoms with E-state index in [1.165, 1.54) is 26.4 Å². The number of benzene rings is 1. The van der Waals surface area contributed by atoms with Crippen LogP contribution in [-0.2, 0) is 9.53 Å². The highest BCUT2D eigenvalue weighted by atomic mass is 79.9. The fourth-order valence-corrected chi connectivity index (χ4v) is 1.71. The van der Waals surface area contributed by atoms with Crippen molar-refractivity contribution in [3.63, 3.8) is 0 Å². The summed E-state index contributed by atoms with van der Waals surface area (Å²) in [6, 6.07) is 2.70. The standard InChI is InChI=1S/C10H11BrO5/c1-15-8-4-6(11)5(3-7(8)12)9(13)10(14)16-2/h3-4,9,12-13H,1-2H3. The second kappa shape index (κ2) is 5.18. The quantitative estimate of drug-likeness (QED) is 0.823. The number of aliphatic hydroxyl groups excluding tert-OH is 1. The Balaban J connectivity index is 3.15. The Hall–Kier alpha value is -1.27. The summed E-state index contributed by atoms with van der Waals surface area (Å²) < 4.78 is 9.71. The number of esters is 1. The first-order chi connectivity index (χ1) is 7.51. The van der Waals surface area contributed by atoms with Crippen molar-refractivity contribution in [3.8, 4) is 11.5 Å². The first-order valence-electron chi connectivity index (χ1n) is 4.33. The third-order valence-corrected chi connectivity index (χ3v) is 2.70. The number of halogens is 1. The summed E-state index contributed by atoms with van der Waals surface area (Å²) in [6.07, 6.45) is -1.45. The molecule has 2 N–H and O–H groups in total. The highest BCUT2D eigenvalue weighted by Crippen LogP contribution is 2.35. The molecule has 0 spiro atoms. The number of phenolic OH excluding ortho intramolecular Hbond substituents is 1. The molecule has 1 unspecified atom stereocenters. The van der Waals surface area contributed by atoms with Gasteiger partial charge in [-0.2, -0.15) is 0 Å². The minimum Gasteiger partial charge on any atom is -0.504 e. The van der Waals surface area contributed by atoms with E-state index in [9.17, 15) is 15.0 Å². The van der Waals surface area contributed by atoms with Gasteiger partial charge in [0.05, 0.1) is 14.2 Å². The number of carbonyl (C=O) groups is 1. The monoisotopic (exact) mass is 290 g/mol. The van der Waals surface area contributed by atoms with Gasteiger partial charge in [0.1, 0.15) is 0 Å². The average Bonchev–Trinajstić information content (AvgIpc) is 2.29. The Kier molecular flexibility index (Phi) is 4.14. The average molecular weight is 291 g/mol. The van der Waals surface area contributed by atoms with Gasteiger partial charge in [-0.1, -0.05) is 15.9 Å². The van der Waals surface area contributed by atoms with Crippen molar-refractivity contribution >= 4 is 21.9 Å². The minimum absolute atomic E-state index is 0.163. The number of ether oxygens (including phenoxy) is 2. The molecule has 0 amide bonds. The van der Waals surface area contributed by atoms with Crippen LogP contribution in [0.4, 0.5) is 0 Å². The van der Waals surface area contributed by atoms with Gasteiger partial charge >= 0.3 is 5.97 Å². The summed E-state index contributed by atoms with van der Waals surface area (Å²) in [5.74, 6) is -0.721. The molecular weight excluding hydrogens is 280 g/mol. The lowest BCUT2D eigenvalue weighted by molar-refractivity contribution is -0.150. The predicted octanol–water partition coefficient (Wildman–Crippen LogP) is 1.37. The maximum absolute atomic E-state index is 11.1. The van der Waals surface area contributed by atoms with Crippen molar-refractivity contribution in [2.24, 2.45) is 0 Å². The molecule has 0 radical (unpaired) electrons. The van der Waals surface area contributed by atoms with Crippen LogP contribution < -0.4 is 4.74 Å². The molecule has 6 heteroatoms. The van der Waals surface area contributed by atoms with Crippen LogP contribution in [0, 0.1) is 0 Å². The van der Waals surface area contributed by atoms with Crippen LogP contribution in [0.1, 0.15) is 11.7 Å². The van der Waals surface area contributed by atoms with Crippen molar-refractivity contribution in [3.05, 3.63) is 22.2 Å². The SMILES string of the molecule is COC(=O)C(O)c1cc(O)c(OC)cc1Br. The van der Waals surface area contributed by atoms with Gasteiger partial charge in [-0.15, -0.1) is 0 Å². The molecule has 0 aliphatic carbocycles. The van der Waals surface area contributed by atoms with Gasteiger partial charge in [0.25, 0.3) is 0 Å². The first kappa shape index (κ1) is 12.8.